The van der Waals surface area contributed by atoms with Crippen molar-refractivity contribution in [1.29, 1.82) is 0 Å². The summed E-state index contributed by atoms with van der Waals surface area (Å²) >= 11 is 1.71. The number of carbonyl (C=O) groups is 1. The predicted molar refractivity (Wildman–Crippen MR) is 93.6 cm³/mol. The zero-order valence-corrected chi connectivity index (χ0v) is 15.4. The average Bonchev–Trinajstić information content (AvgIpc) is 2.90. The molecule has 0 saturated heterocycles. The van der Waals surface area contributed by atoms with Crippen LogP contribution in [0.15, 0.2) is 17.5 Å². The summed E-state index contributed by atoms with van der Waals surface area (Å²) in [5.41, 5.74) is 5.20. The molecule has 1 heterocycles. The zero-order chi connectivity index (χ0) is 15.7. The van der Waals surface area contributed by atoms with E-state index < -0.39 is 5.54 Å². The van der Waals surface area contributed by atoms with Crippen LogP contribution >= 0.6 is 23.7 Å². The van der Waals surface area contributed by atoms with Crippen LogP contribution in [-0.2, 0) is 16.0 Å². The predicted octanol–water partition coefficient (Wildman–Crippen LogP) is 2.75. The Bertz CT molecular complexity index is 492. The van der Waals surface area contributed by atoms with Gasteiger partial charge in [0.1, 0.15) is 5.54 Å². The zero-order valence-electron chi connectivity index (χ0n) is 13.7. The van der Waals surface area contributed by atoms with E-state index in [0.29, 0.717) is 13.0 Å². The van der Waals surface area contributed by atoms with Crippen LogP contribution in [-0.4, -0.2) is 30.2 Å². The van der Waals surface area contributed by atoms with Crippen molar-refractivity contribution in [2.45, 2.75) is 58.2 Å². The van der Waals surface area contributed by atoms with Crippen LogP contribution in [0.2, 0.25) is 0 Å². The Labute approximate surface area is 143 Å². The second kappa shape index (κ2) is 7.30. The molecular formula is C16H27ClN2O2S. The maximum Gasteiger partial charge on any atom is 0.241 e. The second-order valence-corrected chi connectivity index (χ2v) is 7.53. The normalized spacial score (nSPS) is 27.4. The maximum absolute atomic E-state index is 12.6. The fourth-order valence-corrected chi connectivity index (χ4v) is 3.79. The van der Waals surface area contributed by atoms with Crippen LogP contribution < -0.4 is 11.1 Å². The Hall–Kier alpha value is -0.620. The molecule has 3 N–H and O–H groups in total. The number of halogens is 1. The molecule has 126 valence electrons. The van der Waals surface area contributed by atoms with Gasteiger partial charge < -0.3 is 15.8 Å². The van der Waals surface area contributed by atoms with Crippen LogP contribution in [0.1, 0.15) is 39.0 Å². The summed E-state index contributed by atoms with van der Waals surface area (Å²) in [4.78, 5) is 13.8. The van der Waals surface area contributed by atoms with Gasteiger partial charge in [0.2, 0.25) is 5.91 Å². The van der Waals surface area contributed by atoms with Crippen LogP contribution in [0.3, 0.4) is 0 Å². The monoisotopic (exact) mass is 346 g/mol. The van der Waals surface area contributed by atoms with Gasteiger partial charge in [0.05, 0.1) is 6.10 Å². The number of carbonyl (C=O) groups excluding carboxylic acids is 1. The van der Waals surface area contributed by atoms with Crippen LogP contribution in [0.5, 0.6) is 0 Å². The number of hydrogen-bond donors (Lipinski definition) is 2. The third-order valence-electron chi connectivity index (χ3n) is 4.70. The van der Waals surface area contributed by atoms with Crippen LogP contribution in [0.4, 0.5) is 0 Å². The van der Waals surface area contributed by atoms with E-state index >= 15 is 0 Å². The van der Waals surface area contributed by atoms with Gasteiger partial charge in [-0.25, -0.2) is 0 Å². The number of nitrogens with one attached hydrogen (secondary N) is 1. The lowest BCUT2D eigenvalue weighted by molar-refractivity contribution is -0.171. The van der Waals surface area contributed by atoms with Crippen molar-refractivity contribution in [3.8, 4) is 0 Å². The minimum Gasteiger partial charge on any atom is -0.378 e. The van der Waals surface area contributed by atoms with Crippen molar-refractivity contribution >= 4 is 29.7 Å². The van der Waals surface area contributed by atoms with Gasteiger partial charge in [-0.1, -0.05) is 19.9 Å². The molecule has 1 aliphatic rings. The first-order chi connectivity index (χ1) is 9.81. The summed E-state index contributed by atoms with van der Waals surface area (Å²) in [6.45, 7) is 8.67. The highest BCUT2D eigenvalue weighted by atomic mass is 35.5. The van der Waals surface area contributed by atoms with Gasteiger partial charge in [0.25, 0.3) is 0 Å². The molecule has 2 rings (SSSR count). The quantitative estimate of drug-likeness (QED) is 0.832. The molecule has 1 fully saturated rings. The molecule has 1 aromatic heterocycles. The summed E-state index contributed by atoms with van der Waals surface area (Å²) in [5.74, 6) is -0.0625. The molecule has 0 aliphatic heterocycles. The number of thiophene rings is 1. The summed E-state index contributed by atoms with van der Waals surface area (Å²) in [6.07, 6.45) is 1.49. The molecule has 0 aromatic carbocycles. The largest absolute Gasteiger partial charge is 0.378 e. The molecule has 1 aliphatic carbocycles. The third-order valence-corrected chi connectivity index (χ3v) is 5.60. The smallest absolute Gasteiger partial charge is 0.241 e. The minimum atomic E-state index is -0.837. The maximum atomic E-state index is 12.6. The van der Waals surface area contributed by atoms with Gasteiger partial charge in [-0.15, -0.1) is 23.7 Å². The fourth-order valence-electron chi connectivity index (χ4n) is 2.95. The number of nitrogens with two attached hydrogens (primary N) is 1. The third kappa shape index (κ3) is 3.48. The Morgan fingerprint density at radius 2 is 2.27 bits per heavy atom. The molecule has 1 saturated carbocycles. The number of ether oxygens (including phenoxy) is 1. The van der Waals surface area contributed by atoms with Crippen molar-refractivity contribution in [2.75, 3.05) is 6.61 Å². The number of hydrogen-bond acceptors (Lipinski definition) is 4. The molecule has 22 heavy (non-hydrogen) atoms. The highest BCUT2D eigenvalue weighted by Gasteiger charge is 2.62. The average molecular weight is 347 g/mol. The van der Waals surface area contributed by atoms with E-state index in [0.717, 1.165) is 6.42 Å². The highest BCUT2D eigenvalue weighted by molar-refractivity contribution is 7.09. The second-order valence-electron chi connectivity index (χ2n) is 6.50. The van der Waals surface area contributed by atoms with Gasteiger partial charge >= 0.3 is 0 Å². The van der Waals surface area contributed by atoms with E-state index in [2.05, 4.69) is 16.8 Å². The molecule has 0 radical (unpaired) electrons. The van der Waals surface area contributed by atoms with Gasteiger partial charge in [0.15, 0.2) is 0 Å². The Kier molecular flexibility index (Phi) is 6.45. The van der Waals surface area contributed by atoms with Crippen molar-refractivity contribution < 1.29 is 9.53 Å². The lowest BCUT2D eigenvalue weighted by Crippen LogP contribution is -2.76. The first kappa shape index (κ1) is 19.4. The molecule has 0 spiro atoms. The first-order valence-corrected chi connectivity index (χ1v) is 8.43. The van der Waals surface area contributed by atoms with E-state index in [1.165, 1.54) is 4.88 Å². The SMILES string of the molecule is CCOC1CC(N)(C(=O)NC(C)Cc2cccs2)C1(C)C.Cl. The lowest BCUT2D eigenvalue weighted by atomic mass is 9.54. The van der Waals surface area contributed by atoms with Gasteiger partial charge in [-0.05, 0) is 25.3 Å². The van der Waals surface area contributed by atoms with Crippen molar-refractivity contribution in [1.82, 2.24) is 5.32 Å². The van der Waals surface area contributed by atoms with Crippen molar-refractivity contribution in [2.24, 2.45) is 11.1 Å². The van der Waals surface area contributed by atoms with E-state index in [1.54, 1.807) is 11.3 Å². The Balaban J connectivity index is 0.00000242. The summed E-state index contributed by atoms with van der Waals surface area (Å²) in [5, 5.41) is 5.12. The number of amides is 1. The van der Waals surface area contributed by atoms with Gasteiger partial charge in [-0.3, -0.25) is 4.79 Å². The molecule has 4 nitrogen and oxygen atoms in total. The van der Waals surface area contributed by atoms with Crippen LogP contribution in [0.25, 0.3) is 0 Å². The summed E-state index contributed by atoms with van der Waals surface area (Å²) in [6, 6.07) is 4.20. The Morgan fingerprint density at radius 3 is 2.77 bits per heavy atom. The Morgan fingerprint density at radius 1 is 1.59 bits per heavy atom. The standard InChI is InChI=1S/C16H26N2O2S.ClH/c1-5-20-13-10-16(17,15(13,3)4)14(19)18-11(2)9-12-7-6-8-21-12;/h6-8,11,13H,5,9-10,17H2,1-4H3,(H,18,19);1H. The molecule has 6 heteroatoms. The fraction of sp³-hybridized carbons (Fsp3) is 0.688. The van der Waals surface area contributed by atoms with E-state index in [-0.39, 0.29) is 35.9 Å². The molecule has 3 unspecified atom stereocenters. The minimum absolute atomic E-state index is 0. The van der Waals surface area contributed by atoms with Crippen LogP contribution in [0, 0.1) is 5.41 Å². The van der Waals surface area contributed by atoms with Crippen molar-refractivity contribution in [3.05, 3.63) is 22.4 Å². The number of rotatable bonds is 6. The van der Waals surface area contributed by atoms with E-state index in [9.17, 15) is 4.79 Å². The van der Waals surface area contributed by atoms with Gasteiger partial charge in [-0.2, -0.15) is 0 Å². The molecular weight excluding hydrogens is 320 g/mol. The van der Waals surface area contributed by atoms with E-state index in [4.69, 9.17) is 10.5 Å². The van der Waals surface area contributed by atoms with Gasteiger partial charge in [0, 0.05) is 35.8 Å². The topological polar surface area (TPSA) is 64.3 Å². The summed E-state index contributed by atoms with van der Waals surface area (Å²) < 4.78 is 5.67. The lowest BCUT2D eigenvalue weighted by Gasteiger charge is -2.57. The molecule has 0 bridgehead atoms. The summed E-state index contributed by atoms with van der Waals surface area (Å²) in [7, 11) is 0. The molecule has 1 amide bonds. The molecule has 1 aromatic rings. The highest BCUT2D eigenvalue weighted by Crippen LogP contribution is 2.49. The molecule has 3 atom stereocenters. The van der Waals surface area contributed by atoms with Crippen molar-refractivity contribution in [3.63, 3.8) is 0 Å². The first-order valence-electron chi connectivity index (χ1n) is 7.55. The van der Waals surface area contributed by atoms with E-state index in [1.807, 2.05) is 33.8 Å².